The van der Waals surface area contributed by atoms with Gasteiger partial charge in [0.15, 0.2) is 0 Å². The number of amides is 1. The number of nitrogens with zero attached hydrogens (tertiary/aromatic N) is 5. The van der Waals surface area contributed by atoms with Crippen LogP contribution < -0.4 is 9.62 Å². The number of sulfonamides is 1. The maximum atomic E-state index is 13.2. The quantitative estimate of drug-likeness (QED) is 0.406. The first-order valence-electron chi connectivity index (χ1n) is 11.0. The van der Waals surface area contributed by atoms with Crippen LogP contribution in [-0.2, 0) is 14.8 Å². The van der Waals surface area contributed by atoms with Crippen molar-refractivity contribution in [2.24, 2.45) is 0 Å². The van der Waals surface area contributed by atoms with E-state index in [4.69, 9.17) is 11.6 Å². The van der Waals surface area contributed by atoms with E-state index in [9.17, 15) is 13.2 Å². The first kappa shape index (κ1) is 23.6. The predicted octanol–water partition coefficient (Wildman–Crippen LogP) is 3.86. The van der Waals surface area contributed by atoms with Crippen molar-refractivity contribution in [3.63, 3.8) is 0 Å². The number of rotatable bonds is 6. The minimum atomic E-state index is -3.72. The van der Waals surface area contributed by atoms with E-state index in [2.05, 4.69) is 19.8 Å². The fraction of sp³-hybridized carbons (Fsp3) is 0.261. The standard InChI is InChI=1S/C23H23ClN6O3S2/c1-16(30-10-9-19-20(24)3-2-4-21(19)30)22(31)29-13-11-28(12-14-29)17-5-7-18(8-6-17)35(32,33)27-23-26-25-15-34-23/h2-10,15-16H,11-14H2,1H3,(H,26,27)/t16-/m0/s1. The van der Waals surface area contributed by atoms with Crippen LogP contribution in [-0.4, -0.2) is 60.2 Å². The summed E-state index contributed by atoms with van der Waals surface area (Å²) in [7, 11) is -3.72. The molecule has 1 N–H and O–H groups in total. The van der Waals surface area contributed by atoms with Gasteiger partial charge in [-0.3, -0.25) is 9.52 Å². The molecule has 2 aromatic heterocycles. The van der Waals surface area contributed by atoms with Crippen molar-refractivity contribution in [3.05, 3.63) is 65.3 Å². The van der Waals surface area contributed by atoms with Crippen molar-refractivity contribution in [1.82, 2.24) is 19.7 Å². The molecule has 4 aromatic rings. The molecular weight excluding hydrogens is 508 g/mol. The number of nitrogens with one attached hydrogen (secondary N) is 1. The van der Waals surface area contributed by atoms with Crippen molar-refractivity contribution in [2.45, 2.75) is 17.9 Å². The van der Waals surface area contributed by atoms with Crippen molar-refractivity contribution < 1.29 is 13.2 Å². The summed E-state index contributed by atoms with van der Waals surface area (Å²) in [6, 6.07) is 14.0. The second kappa shape index (κ2) is 9.48. The van der Waals surface area contributed by atoms with Gasteiger partial charge in [0.05, 0.1) is 10.4 Å². The molecule has 0 radical (unpaired) electrons. The maximum Gasteiger partial charge on any atom is 0.263 e. The van der Waals surface area contributed by atoms with Crippen molar-refractivity contribution in [2.75, 3.05) is 35.8 Å². The predicted molar refractivity (Wildman–Crippen MR) is 138 cm³/mol. The molecule has 35 heavy (non-hydrogen) atoms. The lowest BCUT2D eigenvalue weighted by atomic mass is 10.2. The molecule has 1 fully saturated rings. The largest absolute Gasteiger partial charge is 0.368 e. The zero-order chi connectivity index (χ0) is 24.6. The Kier molecular flexibility index (Phi) is 6.39. The normalized spacial score (nSPS) is 15.4. The summed E-state index contributed by atoms with van der Waals surface area (Å²) in [5, 5.41) is 9.18. The molecule has 182 valence electrons. The van der Waals surface area contributed by atoms with E-state index in [1.807, 2.05) is 46.9 Å². The van der Waals surface area contributed by atoms with E-state index in [-0.39, 0.29) is 22.0 Å². The Morgan fingerprint density at radius 3 is 2.51 bits per heavy atom. The maximum absolute atomic E-state index is 13.2. The lowest BCUT2D eigenvalue weighted by molar-refractivity contribution is -0.134. The molecular formula is C23H23ClN6O3S2. The fourth-order valence-corrected chi connectivity index (χ4v) is 6.21. The van der Waals surface area contributed by atoms with Gasteiger partial charge in [0.2, 0.25) is 11.0 Å². The van der Waals surface area contributed by atoms with Gasteiger partial charge in [0.1, 0.15) is 11.6 Å². The monoisotopic (exact) mass is 530 g/mol. The third kappa shape index (κ3) is 4.71. The average molecular weight is 531 g/mol. The second-order valence-electron chi connectivity index (χ2n) is 8.23. The molecule has 0 bridgehead atoms. The molecule has 0 spiro atoms. The molecule has 2 aromatic carbocycles. The number of benzene rings is 2. The Balaban J connectivity index is 1.22. The average Bonchev–Trinajstić information content (AvgIpc) is 3.54. The number of hydrogen-bond donors (Lipinski definition) is 1. The first-order chi connectivity index (χ1) is 16.8. The summed E-state index contributed by atoms with van der Waals surface area (Å²) in [5.74, 6) is 0.0614. The van der Waals surface area contributed by atoms with E-state index in [0.717, 1.165) is 27.9 Å². The van der Waals surface area contributed by atoms with Crippen molar-refractivity contribution in [1.29, 1.82) is 0 Å². The molecule has 1 saturated heterocycles. The summed E-state index contributed by atoms with van der Waals surface area (Å²) in [6.45, 7) is 4.39. The van der Waals surface area contributed by atoms with Crippen LogP contribution in [0.15, 0.2) is 65.1 Å². The van der Waals surface area contributed by atoms with Crippen LogP contribution in [0.2, 0.25) is 5.02 Å². The van der Waals surface area contributed by atoms with Gasteiger partial charge in [-0.15, -0.1) is 10.2 Å². The third-order valence-electron chi connectivity index (χ3n) is 6.17. The number of halogens is 1. The minimum absolute atomic E-state index is 0.0614. The van der Waals surface area contributed by atoms with Gasteiger partial charge in [-0.05, 0) is 49.4 Å². The molecule has 0 saturated carbocycles. The van der Waals surface area contributed by atoms with E-state index < -0.39 is 10.0 Å². The molecule has 1 amide bonds. The smallest absolute Gasteiger partial charge is 0.263 e. The van der Waals surface area contributed by atoms with Gasteiger partial charge in [0.25, 0.3) is 10.0 Å². The van der Waals surface area contributed by atoms with Gasteiger partial charge in [0, 0.05) is 48.5 Å². The van der Waals surface area contributed by atoms with Crippen LogP contribution in [0.5, 0.6) is 0 Å². The Bertz CT molecular complexity index is 1450. The zero-order valence-corrected chi connectivity index (χ0v) is 21.2. The summed E-state index contributed by atoms with van der Waals surface area (Å²) in [5.41, 5.74) is 3.31. The van der Waals surface area contributed by atoms with Crippen LogP contribution in [0.4, 0.5) is 10.8 Å². The number of piperazine rings is 1. The Morgan fingerprint density at radius 2 is 1.83 bits per heavy atom. The van der Waals surface area contributed by atoms with Gasteiger partial charge in [-0.2, -0.15) is 0 Å². The Labute approximate surface area is 212 Å². The van der Waals surface area contributed by atoms with Crippen LogP contribution in [0, 0.1) is 0 Å². The van der Waals surface area contributed by atoms with Crippen molar-refractivity contribution in [3.8, 4) is 0 Å². The van der Waals surface area contributed by atoms with Gasteiger partial charge in [-0.25, -0.2) is 8.42 Å². The van der Waals surface area contributed by atoms with Crippen LogP contribution >= 0.6 is 22.9 Å². The fourth-order valence-electron chi connectivity index (χ4n) is 4.28. The van der Waals surface area contributed by atoms with Gasteiger partial charge < -0.3 is 14.4 Å². The Hall–Kier alpha value is -3.15. The lowest BCUT2D eigenvalue weighted by Gasteiger charge is -2.37. The van der Waals surface area contributed by atoms with E-state index in [1.165, 1.54) is 5.51 Å². The van der Waals surface area contributed by atoms with Crippen LogP contribution in [0.25, 0.3) is 10.9 Å². The second-order valence-corrected chi connectivity index (χ2v) is 11.2. The van der Waals surface area contributed by atoms with E-state index in [0.29, 0.717) is 31.2 Å². The highest BCUT2D eigenvalue weighted by Gasteiger charge is 2.27. The van der Waals surface area contributed by atoms with Gasteiger partial charge in [-0.1, -0.05) is 29.0 Å². The number of carbonyl (C=O) groups excluding carboxylic acids is 1. The number of hydrogen-bond acceptors (Lipinski definition) is 7. The number of anilines is 2. The summed E-state index contributed by atoms with van der Waals surface area (Å²) in [4.78, 5) is 17.4. The van der Waals surface area contributed by atoms with E-state index in [1.54, 1.807) is 24.3 Å². The molecule has 9 nitrogen and oxygen atoms in total. The molecule has 1 aliphatic rings. The highest BCUT2D eigenvalue weighted by atomic mass is 35.5. The molecule has 0 aliphatic carbocycles. The zero-order valence-electron chi connectivity index (χ0n) is 18.8. The highest BCUT2D eigenvalue weighted by molar-refractivity contribution is 7.93. The molecule has 12 heteroatoms. The summed E-state index contributed by atoms with van der Waals surface area (Å²) < 4.78 is 29.4. The lowest BCUT2D eigenvalue weighted by Crippen LogP contribution is -2.50. The molecule has 0 unspecified atom stereocenters. The molecule has 3 heterocycles. The summed E-state index contributed by atoms with van der Waals surface area (Å²) in [6.07, 6.45) is 1.91. The topological polar surface area (TPSA) is 100 Å². The Morgan fingerprint density at radius 1 is 1.09 bits per heavy atom. The first-order valence-corrected chi connectivity index (χ1v) is 13.8. The SMILES string of the molecule is C[C@@H](C(=O)N1CCN(c2ccc(S(=O)(=O)Nc3nncs3)cc2)CC1)n1ccc2c(Cl)cccc21. The number of fused-ring (bicyclic) bond motifs is 1. The number of carbonyl (C=O) groups is 1. The molecule has 1 aliphatic heterocycles. The molecule has 5 rings (SSSR count). The van der Waals surface area contributed by atoms with E-state index >= 15 is 0 Å². The number of aromatic nitrogens is 3. The van der Waals surface area contributed by atoms with Crippen molar-refractivity contribution >= 4 is 60.6 Å². The van der Waals surface area contributed by atoms with Crippen LogP contribution in [0.3, 0.4) is 0 Å². The van der Waals surface area contributed by atoms with Crippen LogP contribution in [0.1, 0.15) is 13.0 Å². The summed E-state index contributed by atoms with van der Waals surface area (Å²) >= 11 is 7.40. The minimum Gasteiger partial charge on any atom is -0.368 e. The highest BCUT2D eigenvalue weighted by Crippen LogP contribution is 2.28. The third-order valence-corrected chi connectivity index (χ3v) is 8.59. The van der Waals surface area contributed by atoms with Gasteiger partial charge >= 0.3 is 0 Å². The molecule has 1 atom stereocenters.